The Morgan fingerprint density at radius 3 is 2.21 bits per heavy atom. The molecule has 3 N–H and O–H groups in total. The molecule has 0 unspecified atom stereocenters. The maximum Gasteiger partial charge on any atom is 0.204 e. The van der Waals surface area contributed by atoms with Crippen LogP contribution in [-0.2, 0) is 0 Å². The quantitative estimate of drug-likeness (QED) is 0.511. The zero-order valence-electron chi connectivity index (χ0n) is 10.0. The molecule has 3 nitrogen and oxygen atoms in total. The molecular weight excluding hydrogens is 262 g/mol. The number of benzene rings is 2. The number of carbonyl (C=O) groups excluding carboxylic acids is 1. The van der Waals surface area contributed by atoms with E-state index in [1.807, 2.05) is 0 Å². The molecule has 0 radical (unpaired) electrons. The van der Waals surface area contributed by atoms with Crippen molar-refractivity contribution in [3.8, 4) is 5.75 Å². The lowest BCUT2D eigenvalue weighted by molar-refractivity contribution is 0.104. The van der Waals surface area contributed by atoms with Gasteiger partial charge in [-0.3, -0.25) is 4.79 Å². The highest BCUT2D eigenvalue weighted by Gasteiger charge is 2.09. The van der Waals surface area contributed by atoms with E-state index in [0.717, 1.165) is 5.56 Å². The van der Waals surface area contributed by atoms with Crippen LogP contribution >= 0.6 is 11.6 Å². The first-order chi connectivity index (χ1) is 9.06. The highest BCUT2D eigenvalue weighted by molar-refractivity contribution is 6.47. The Bertz CT molecular complexity index is 616. The molecule has 4 heteroatoms. The summed E-state index contributed by atoms with van der Waals surface area (Å²) in [5.74, 6) is -0.104. The standard InChI is InChI=1S/C15H12ClNO2/c16-14(9-10-1-7-13(18)8-2-10)15(19)11-3-5-12(17)6-4-11/h1-9,18H,17H2. The Labute approximate surface area is 115 Å². The van der Waals surface area contributed by atoms with E-state index in [1.54, 1.807) is 42.5 Å². The van der Waals surface area contributed by atoms with Crippen molar-refractivity contribution < 1.29 is 9.90 Å². The van der Waals surface area contributed by atoms with Crippen LogP contribution in [0.25, 0.3) is 6.08 Å². The lowest BCUT2D eigenvalue weighted by Gasteiger charge is -2.01. The minimum absolute atomic E-state index is 0.107. The number of nitrogen functional groups attached to an aromatic ring is 1. The molecule has 0 heterocycles. The summed E-state index contributed by atoms with van der Waals surface area (Å²) in [5.41, 5.74) is 7.37. The molecule has 0 aromatic heterocycles. The van der Waals surface area contributed by atoms with Gasteiger partial charge in [-0.2, -0.15) is 0 Å². The van der Waals surface area contributed by atoms with Crippen molar-refractivity contribution in [2.75, 3.05) is 5.73 Å². The summed E-state index contributed by atoms with van der Waals surface area (Å²) in [5, 5.41) is 9.28. The van der Waals surface area contributed by atoms with Crippen molar-refractivity contribution in [3.63, 3.8) is 0 Å². The Morgan fingerprint density at radius 2 is 1.63 bits per heavy atom. The molecule has 19 heavy (non-hydrogen) atoms. The molecule has 0 amide bonds. The predicted molar refractivity (Wildman–Crippen MR) is 77.1 cm³/mol. The summed E-state index contributed by atoms with van der Waals surface area (Å²) in [4.78, 5) is 12.0. The average Bonchev–Trinajstić information content (AvgIpc) is 2.41. The van der Waals surface area contributed by atoms with E-state index in [2.05, 4.69) is 0 Å². The van der Waals surface area contributed by atoms with Gasteiger partial charge in [0.1, 0.15) is 5.75 Å². The fourth-order valence-electron chi connectivity index (χ4n) is 1.55. The van der Waals surface area contributed by atoms with Crippen LogP contribution in [0.1, 0.15) is 15.9 Å². The van der Waals surface area contributed by atoms with E-state index in [4.69, 9.17) is 17.3 Å². The molecule has 96 valence electrons. The van der Waals surface area contributed by atoms with Crippen LogP contribution in [0.5, 0.6) is 5.75 Å². The Balaban J connectivity index is 2.23. The number of anilines is 1. The Hall–Kier alpha value is -2.26. The number of rotatable bonds is 3. The number of phenols is 1. The van der Waals surface area contributed by atoms with Crippen LogP contribution in [-0.4, -0.2) is 10.9 Å². The number of ketones is 1. The smallest absolute Gasteiger partial charge is 0.204 e. The fourth-order valence-corrected chi connectivity index (χ4v) is 1.79. The van der Waals surface area contributed by atoms with Crippen molar-refractivity contribution in [1.29, 1.82) is 0 Å². The second-order valence-corrected chi connectivity index (χ2v) is 4.44. The Morgan fingerprint density at radius 1 is 1.05 bits per heavy atom. The minimum Gasteiger partial charge on any atom is -0.508 e. The minimum atomic E-state index is -0.269. The number of hydrogen-bond donors (Lipinski definition) is 2. The van der Waals surface area contributed by atoms with E-state index < -0.39 is 0 Å². The second-order valence-electron chi connectivity index (χ2n) is 4.03. The lowest BCUT2D eigenvalue weighted by Crippen LogP contribution is -1.99. The highest BCUT2D eigenvalue weighted by Crippen LogP contribution is 2.18. The van der Waals surface area contributed by atoms with Gasteiger partial charge in [-0.15, -0.1) is 0 Å². The number of Topliss-reactive ketones (excluding diaryl/α,β-unsaturated/α-hetero) is 1. The molecule has 0 fully saturated rings. The topological polar surface area (TPSA) is 63.3 Å². The van der Waals surface area contributed by atoms with Gasteiger partial charge in [-0.05, 0) is 48.0 Å². The zero-order chi connectivity index (χ0) is 13.8. The van der Waals surface area contributed by atoms with Gasteiger partial charge < -0.3 is 10.8 Å². The van der Waals surface area contributed by atoms with Gasteiger partial charge in [0.15, 0.2) is 0 Å². The van der Waals surface area contributed by atoms with E-state index >= 15 is 0 Å². The Kier molecular flexibility index (Phi) is 3.88. The van der Waals surface area contributed by atoms with Crippen molar-refractivity contribution >= 4 is 29.1 Å². The fraction of sp³-hybridized carbons (Fsp3) is 0. The van der Waals surface area contributed by atoms with Crippen molar-refractivity contribution in [2.24, 2.45) is 0 Å². The van der Waals surface area contributed by atoms with E-state index in [9.17, 15) is 9.90 Å². The number of nitrogens with two attached hydrogens (primary N) is 1. The molecular formula is C15H12ClNO2. The third-order valence-electron chi connectivity index (χ3n) is 2.58. The molecule has 0 aliphatic heterocycles. The molecule has 0 aliphatic rings. The van der Waals surface area contributed by atoms with Crippen LogP contribution in [0, 0.1) is 0 Å². The first kappa shape index (κ1) is 13.2. The molecule has 2 rings (SSSR count). The zero-order valence-corrected chi connectivity index (χ0v) is 10.8. The van der Waals surface area contributed by atoms with Gasteiger partial charge in [-0.1, -0.05) is 23.7 Å². The maximum atomic E-state index is 12.0. The molecule has 0 spiro atoms. The summed E-state index contributed by atoms with van der Waals surface area (Å²) in [7, 11) is 0. The van der Waals surface area contributed by atoms with E-state index in [0.29, 0.717) is 11.3 Å². The number of halogens is 1. The van der Waals surface area contributed by atoms with Gasteiger partial charge in [0, 0.05) is 11.3 Å². The van der Waals surface area contributed by atoms with Gasteiger partial charge >= 0.3 is 0 Å². The van der Waals surface area contributed by atoms with Crippen LogP contribution in [0.15, 0.2) is 53.6 Å². The van der Waals surface area contributed by atoms with Crippen LogP contribution < -0.4 is 5.73 Å². The number of allylic oxidation sites excluding steroid dienone is 1. The summed E-state index contributed by atoms with van der Waals surface area (Å²) in [6.45, 7) is 0. The molecule has 0 saturated heterocycles. The first-order valence-electron chi connectivity index (χ1n) is 5.63. The third kappa shape index (κ3) is 3.36. The number of hydrogen-bond acceptors (Lipinski definition) is 3. The third-order valence-corrected chi connectivity index (χ3v) is 2.86. The van der Waals surface area contributed by atoms with Crippen LogP contribution in [0.3, 0.4) is 0 Å². The average molecular weight is 274 g/mol. The van der Waals surface area contributed by atoms with Crippen LogP contribution in [0.4, 0.5) is 5.69 Å². The normalized spacial score (nSPS) is 11.3. The molecule has 0 aliphatic carbocycles. The summed E-state index contributed by atoms with van der Waals surface area (Å²) >= 11 is 6.00. The monoisotopic (exact) mass is 273 g/mol. The van der Waals surface area contributed by atoms with Gasteiger partial charge in [-0.25, -0.2) is 0 Å². The van der Waals surface area contributed by atoms with Gasteiger partial charge in [0.2, 0.25) is 5.78 Å². The maximum absolute atomic E-state index is 12.0. The predicted octanol–water partition coefficient (Wildman–Crippen LogP) is 3.44. The second kappa shape index (κ2) is 5.59. The highest BCUT2D eigenvalue weighted by atomic mass is 35.5. The number of phenolic OH excluding ortho intramolecular Hbond substituents is 1. The molecule has 0 bridgehead atoms. The first-order valence-corrected chi connectivity index (χ1v) is 6.00. The molecule has 2 aromatic rings. The lowest BCUT2D eigenvalue weighted by atomic mass is 10.1. The van der Waals surface area contributed by atoms with E-state index in [1.165, 1.54) is 12.1 Å². The SMILES string of the molecule is Nc1ccc(C(=O)C(Cl)=Cc2ccc(O)cc2)cc1. The van der Waals surface area contributed by atoms with Crippen molar-refractivity contribution in [1.82, 2.24) is 0 Å². The molecule has 2 aromatic carbocycles. The molecule has 0 atom stereocenters. The summed E-state index contributed by atoms with van der Waals surface area (Å²) in [6, 6.07) is 13.0. The summed E-state index contributed by atoms with van der Waals surface area (Å²) < 4.78 is 0. The van der Waals surface area contributed by atoms with Gasteiger partial charge in [0.25, 0.3) is 0 Å². The van der Waals surface area contributed by atoms with Crippen molar-refractivity contribution in [3.05, 3.63) is 64.7 Å². The number of aromatic hydroxyl groups is 1. The molecule has 0 saturated carbocycles. The number of carbonyl (C=O) groups is 1. The van der Waals surface area contributed by atoms with E-state index in [-0.39, 0.29) is 16.6 Å². The van der Waals surface area contributed by atoms with Crippen molar-refractivity contribution in [2.45, 2.75) is 0 Å². The van der Waals surface area contributed by atoms with Crippen LogP contribution in [0.2, 0.25) is 0 Å². The summed E-state index contributed by atoms with van der Waals surface area (Å²) in [6.07, 6.45) is 1.56. The van der Waals surface area contributed by atoms with Gasteiger partial charge in [0.05, 0.1) is 5.03 Å². The largest absolute Gasteiger partial charge is 0.508 e.